The zero-order valence-corrected chi connectivity index (χ0v) is 45.1. The van der Waals surface area contributed by atoms with E-state index in [9.17, 15) is 19.7 Å². The number of nitriles is 1. The molecule has 0 saturated heterocycles. The van der Waals surface area contributed by atoms with Crippen molar-refractivity contribution in [2.45, 2.75) is 111 Å². The quantitative estimate of drug-likeness (QED) is 0.0262. The normalized spacial score (nSPS) is 12.0. The average Bonchev–Trinajstić information content (AvgIpc) is 3.41. The van der Waals surface area contributed by atoms with Crippen LogP contribution in [-0.4, -0.2) is 120 Å². The second-order valence-corrected chi connectivity index (χ2v) is 18.3. The maximum atomic E-state index is 13.4. The number of halogens is 3. The molecule has 0 aliphatic carbocycles. The Morgan fingerprint density at radius 1 is 0.571 bits per heavy atom. The van der Waals surface area contributed by atoms with E-state index in [4.69, 9.17) is 51.4 Å². The number of hydrogen-bond donors (Lipinski definition) is 11. The van der Waals surface area contributed by atoms with E-state index >= 15 is 0 Å². The molecular weight excluding hydrogens is 1030 g/mol. The smallest absolute Gasteiger partial charge is 0.222 e. The average molecular weight is 1100 g/mol. The fourth-order valence-electron chi connectivity index (χ4n) is 7.48. The number of aromatic nitrogens is 12. The summed E-state index contributed by atoms with van der Waals surface area (Å²) in [5, 5.41) is 49.8. The lowest BCUT2D eigenvalue weighted by Gasteiger charge is -2.17. The molecular formula is C50H66Cl2FN21O3. The lowest BCUT2D eigenvalue weighted by molar-refractivity contribution is 0.267. The molecule has 8 heterocycles. The second kappa shape index (κ2) is 30.1. The van der Waals surface area contributed by atoms with Crippen LogP contribution >= 0.6 is 23.2 Å². The molecule has 0 aromatic carbocycles. The standard InChI is InChI=1S/C13H18ClN5O.C13H16N6O.C12H15ClFN5O.C12H17N5/c1-2-3-4-9(7-20)17-12-11-10(18-13(15)19-12)5-8(14)6-16-11;1-2-3-9(7-20)17-12-11-10(18-13(15)19-12)4-8(5-14)6-16-11;1-2-3-6(5-20)16-11-9-8(17-12(15)19-11)4-7(14)10(13)18-9;1-3-4-6-15-11-10-9(16-12(13)17-11)8(2)5-7-14-10/h5-6,9,20H,2-4,7H2,1H3,(H3,15,17,18,19);4,6,9,20H,2-3,7H2,1H3,(H3,15,17,18,19);4,6,20H,2-3,5H2,1H3,(H3,15,16,17,19);5,7H,3-4,6H2,1-2H3,(H3,13,15,16,17)/t2*9-;6-;/m100./s1. The van der Waals surface area contributed by atoms with Crippen molar-refractivity contribution in [3.8, 4) is 6.07 Å². The summed E-state index contributed by atoms with van der Waals surface area (Å²) in [7, 11) is 0. The van der Waals surface area contributed by atoms with Crippen LogP contribution in [0.25, 0.3) is 44.1 Å². The van der Waals surface area contributed by atoms with Crippen LogP contribution in [0.5, 0.6) is 0 Å². The van der Waals surface area contributed by atoms with Crippen molar-refractivity contribution in [3.05, 3.63) is 70.0 Å². The van der Waals surface area contributed by atoms with Crippen LogP contribution in [0, 0.1) is 24.1 Å². The summed E-state index contributed by atoms with van der Waals surface area (Å²) >= 11 is 11.6. The third-order valence-electron chi connectivity index (χ3n) is 11.3. The van der Waals surface area contributed by atoms with Crippen LogP contribution in [0.1, 0.15) is 96.6 Å². The number of fused-ring (bicyclic) bond motifs is 4. The first-order chi connectivity index (χ1) is 37.1. The van der Waals surface area contributed by atoms with Gasteiger partial charge in [-0.15, -0.1) is 0 Å². The number of nitrogens with zero attached hydrogens (tertiary/aromatic N) is 13. The van der Waals surface area contributed by atoms with Crippen LogP contribution in [0.4, 0.5) is 51.5 Å². The molecule has 3 atom stereocenters. The van der Waals surface area contributed by atoms with Gasteiger partial charge in [0, 0.05) is 31.2 Å². The molecule has 0 spiro atoms. The second-order valence-electron chi connectivity index (χ2n) is 17.5. The van der Waals surface area contributed by atoms with E-state index in [0.29, 0.717) is 55.6 Å². The molecule has 0 fully saturated rings. The van der Waals surface area contributed by atoms with E-state index in [2.05, 4.69) is 94.9 Å². The van der Waals surface area contributed by atoms with Gasteiger partial charge in [0.1, 0.15) is 28.1 Å². The van der Waals surface area contributed by atoms with Gasteiger partial charge in [0.25, 0.3) is 0 Å². The first kappa shape index (κ1) is 60.1. The fraction of sp³-hybridized carbons (Fsp3) is 0.420. The van der Waals surface area contributed by atoms with Crippen LogP contribution in [0.2, 0.25) is 10.2 Å². The minimum atomic E-state index is -0.671. The van der Waals surface area contributed by atoms with Crippen molar-refractivity contribution in [1.82, 2.24) is 59.8 Å². The number of pyridine rings is 4. The summed E-state index contributed by atoms with van der Waals surface area (Å²) < 4.78 is 13.4. The molecule has 77 heavy (non-hydrogen) atoms. The van der Waals surface area contributed by atoms with E-state index in [0.717, 1.165) is 92.8 Å². The molecule has 24 nitrogen and oxygen atoms in total. The van der Waals surface area contributed by atoms with Gasteiger partial charge in [-0.3, -0.25) is 4.98 Å². The van der Waals surface area contributed by atoms with E-state index in [1.54, 1.807) is 18.3 Å². The molecule has 8 aromatic rings. The van der Waals surface area contributed by atoms with Crippen LogP contribution in [0.15, 0.2) is 42.9 Å². The Hall–Kier alpha value is -7.76. The minimum Gasteiger partial charge on any atom is -0.394 e. The highest BCUT2D eigenvalue weighted by molar-refractivity contribution is 6.31. The Labute approximate surface area is 454 Å². The molecule has 0 aliphatic rings. The van der Waals surface area contributed by atoms with E-state index in [-0.39, 0.29) is 72.4 Å². The number of hydrogen-bond acceptors (Lipinski definition) is 24. The van der Waals surface area contributed by atoms with Crippen molar-refractivity contribution >= 4 is 114 Å². The Kier molecular flexibility index (Phi) is 23.5. The molecule has 0 bridgehead atoms. The molecule has 27 heteroatoms. The number of aliphatic hydroxyl groups is 3. The molecule has 0 radical (unpaired) electrons. The predicted molar refractivity (Wildman–Crippen MR) is 303 cm³/mol. The highest BCUT2D eigenvalue weighted by atomic mass is 35.5. The van der Waals surface area contributed by atoms with Gasteiger partial charge < -0.3 is 59.5 Å². The zero-order valence-electron chi connectivity index (χ0n) is 43.6. The Morgan fingerprint density at radius 2 is 1.06 bits per heavy atom. The van der Waals surface area contributed by atoms with Crippen LogP contribution < -0.4 is 44.2 Å². The third-order valence-corrected chi connectivity index (χ3v) is 11.8. The highest BCUT2D eigenvalue weighted by Gasteiger charge is 2.17. The lowest BCUT2D eigenvalue weighted by atomic mass is 10.1. The summed E-state index contributed by atoms with van der Waals surface area (Å²) in [6.07, 6.45) is 13.3. The summed E-state index contributed by atoms with van der Waals surface area (Å²) in [6.45, 7) is 11.1. The SMILES string of the molecule is CCCCNc1nc(N)nc2c(C)ccnc12.CCCC[C@H](CO)Nc1nc(N)nc2cc(Cl)cnc12.CCC[C@@H](CO)Nc1nc(N)nc2cc(C#N)cnc12.CCC[C@@H](CO)Nc1nc(N)nc2cc(F)c(Cl)nc12. The highest BCUT2D eigenvalue weighted by Crippen LogP contribution is 2.27. The molecule has 0 saturated carbocycles. The van der Waals surface area contributed by atoms with Crippen molar-refractivity contribution in [3.63, 3.8) is 0 Å². The number of rotatable bonds is 20. The number of nitrogens with one attached hydrogen (secondary N) is 4. The summed E-state index contributed by atoms with van der Waals surface area (Å²) in [6, 6.07) is 7.99. The van der Waals surface area contributed by atoms with Crippen molar-refractivity contribution < 1.29 is 19.7 Å². The first-order valence-electron chi connectivity index (χ1n) is 25.0. The summed E-state index contributed by atoms with van der Waals surface area (Å²) in [5.74, 6) is 1.93. The molecule has 15 N–H and O–H groups in total. The predicted octanol–water partition coefficient (Wildman–Crippen LogP) is 7.37. The number of nitrogen functional groups attached to an aromatic ring is 4. The molecule has 0 aliphatic heterocycles. The topological polar surface area (TPSA) is 391 Å². The number of unbranched alkanes of at least 4 members (excludes halogenated alkanes) is 2. The molecule has 0 amide bonds. The van der Waals surface area contributed by atoms with Crippen molar-refractivity contribution in [2.75, 3.05) is 70.6 Å². The molecule has 410 valence electrons. The van der Waals surface area contributed by atoms with E-state index < -0.39 is 5.82 Å². The van der Waals surface area contributed by atoms with Gasteiger partial charge in [-0.05, 0) is 56.4 Å². The van der Waals surface area contributed by atoms with Crippen molar-refractivity contribution in [2.24, 2.45) is 0 Å². The van der Waals surface area contributed by atoms with Crippen LogP contribution in [0.3, 0.4) is 0 Å². The molecule has 8 rings (SSSR count). The van der Waals surface area contributed by atoms with Gasteiger partial charge in [0.2, 0.25) is 23.8 Å². The van der Waals surface area contributed by atoms with Gasteiger partial charge in [0.15, 0.2) is 34.2 Å². The Balaban J connectivity index is 0.000000190. The number of nitrogens with two attached hydrogens (primary N) is 4. The number of anilines is 8. The minimum absolute atomic E-state index is 0.00305. The van der Waals surface area contributed by atoms with Gasteiger partial charge in [-0.1, -0.05) is 83.0 Å². The maximum Gasteiger partial charge on any atom is 0.222 e. The number of aliphatic hydroxyl groups excluding tert-OH is 3. The third kappa shape index (κ3) is 17.4. The summed E-state index contributed by atoms with van der Waals surface area (Å²) in [5.41, 5.74) is 28.5. The van der Waals surface area contributed by atoms with Gasteiger partial charge in [0.05, 0.1) is 70.6 Å². The number of aryl methyl sites for hydroxylation is 1. The summed E-state index contributed by atoms with van der Waals surface area (Å²) in [4.78, 5) is 49.5. The van der Waals surface area contributed by atoms with Crippen LogP contribution in [-0.2, 0) is 0 Å². The molecule has 0 unspecified atom stereocenters. The molecule has 8 aromatic heterocycles. The lowest BCUT2D eigenvalue weighted by Crippen LogP contribution is -2.24. The monoisotopic (exact) mass is 1100 g/mol. The fourth-order valence-corrected chi connectivity index (χ4v) is 7.77. The maximum absolute atomic E-state index is 13.4. The van der Waals surface area contributed by atoms with Crippen molar-refractivity contribution in [1.29, 1.82) is 5.26 Å². The van der Waals surface area contributed by atoms with E-state index in [1.807, 2.05) is 32.9 Å². The largest absolute Gasteiger partial charge is 0.394 e. The van der Waals surface area contributed by atoms with E-state index in [1.165, 1.54) is 12.4 Å². The first-order valence-corrected chi connectivity index (χ1v) is 25.8. The van der Waals surface area contributed by atoms with Gasteiger partial charge >= 0.3 is 0 Å². The Bertz CT molecular complexity index is 3240. The van der Waals surface area contributed by atoms with Gasteiger partial charge in [-0.2, -0.15) is 25.2 Å². The van der Waals surface area contributed by atoms with Gasteiger partial charge in [-0.25, -0.2) is 39.3 Å². The zero-order chi connectivity index (χ0) is 56.0. The Morgan fingerprint density at radius 3 is 1.60 bits per heavy atom.